The Morgan fingerprint density at radius 2 is 2.07 bits per heavy atom. The number of nitriles is 1. The van der Waals surface area contributed by atoms with Crippen LogP contribution in [0.2, 0.25) is 0 Å². The second-order valence-corrected chi connectivity index (χ2v) is 8.25. The summed E-state index contributed by atoms with van der Waals surface area (Å²) in [5, 5.41) is 12.6. The molecule has 0 aromatic heterocycles. The second-order valence-electron chi connectivity index (χ2n) is 8.25. The van der Waals surface area contributed by atoms with Gasteiger partial charge in [0.1, 0.15) is 5.82 Å². The quantitative estimate of drug-likeness (QED) is 0.831. The fraction of sp³-hybridized carbons (Fsp3) is 0.435. The Kier molecular flexibility index (Phi) is 4.06. The lowest BCUT2D eigenvalue weighted by Crippen LogP contribution is -2.33. The summed E-state index contributed by atoms with van der Waals surface area (Å²) in [5.41, 5.74) is 1.73. The van der Waals surface area contributed by atoms with Crippen molar-refractivity contribution in [1.29, 1.82) is 5.26 Å². The number of hydrogen-bond donors (Lipinski definition) is 1. The molecule has 1 N–H and O–H groups in total. The summed E-state index contributed by atoms with van der Waals surface area (Å²) >= 11 is 0. The fourth-order valence-corrected chi connectivity index (χ4v) is 4.66. The van der Waals surface area contributed by atoms with Gasteiger partial charge in [-0.2, -0.15) is 5.26 Å². The Morgan fingerprint density at radius 3 is 2.89 bits per heavy atom. The van der Waals surface area contributed by atoms with E-state index in [0.29, 0.717) is 17.2 Å². The first kappa shape index (κ1) is 17.5. The molecule has 4 nitrogen and oxygen atoms in total. The van der Waals surface area contributed by atoms with Crippen LogP contribution in [0.3, 0.4) is 0 Å². The van der Waals surface area contributed by atoms with E-state index in [1.54, 1.807) is 19.1 Å². The smallest absolute Gasteiger partial charge is 0.278 e. The van der Waals surface area contributed by atoms with Crippen LogP contribution in [0.15, 0.2) is 36.4 Å². The average molecular weight is 378 g/mol. The number of benzene rings is 2. The third kappa shape index (κ3) is 2.93. The maximum Gasteiger partial charge on any atom is 0.278 e. The number of fused-ring (bicyclic) bond motifs is 2. The minimum Gasteiger partial charge on any atom is -0.444 e. The van der Waals surface area contributed by atoms with E-state index in [1.165, 1.54) is 18.9 Å². The molecule has 5 heteroatoms. The molecule has 2 fully saturated rings. The van der Waals surface area contributed by atoms with Gasteiger partial charge in [0.05, 0.1) is 17.2 Å². The fourth-order valence-electron chi connectivity index (χ4n) is 4.66. The van der Waals surface area contributed by atoms with Crippen molar-refractivity contribution in [2.24, 2.45) is 5.92 Å². The number of nitrogens with one attached hydrogen (secondary N) is 1. The Balaban J connectivity index is 1.45. The molecular weight excluding hydrogens is 355 g/mol. The Bertz CT molecular complexity index is 970. The van der Waals surface area contributed by atoms with Crippen molar-refractivity contribution >= 4 is 0 Å². The molecule has 144 valence electrons. The predicted molar refractivity (Wildman–Crippen MR) is 103 cm³/mol. The zero-order valence-corrected chi connectivity index (χ0v) is 15.9. The van der Waals surface area contributed by atoms with Gasteiger partial charge in [-0.25, -0.2) is 4.39 Å². The van der Waals surface area contributed by atoms with Crippen LogP contribution >= 0.6 is 0 Å². The minimum absolute atomic E-state index is 0.279. The van der Waals surface area contributed by atoms with Crippen molar-refractivity contribution in [2.45, 2.75) is 50.4 Å². The average Bonchev–Trinajstić information content (AvgIpc) is 3.29. The molecule has 0 bridgehead atoms. The number of halogens is 1. The Labute approximate surface area is 164 Å². The van der Waals surface area contributed by atoms with Gasteiger partial charge >= 0.3 is 0 Å². The molecule has 1 aliphatic carbocycles. The lowest BCUT2D eigenvalue weighted by Gasteiger charge is -2.25. The highest BCUT2D eigenvalue weighted by Gasteiger charge is 2.43. The molecule has 3 aliphatic rings. The summed E-state index contributed by atoms with van der Waals surface area (Å²) in [6.45, 7) is 2.74. The van der Waals surface area contributed by atoms with Crippen molar-refractivity contribution in [3.63, 3.8) is 0 Å². The molecule has 28 heavy (non-hydrogen) atoms. The van der Waals surface area contributed by atoms with Gasteiger partial charge in [0.25, 0.3) is 5.79 Å². The van der Waals surface area contributed by atoms with Crippen LogP contribution in [0.4, 0.5) is 4.39 Å². The van der Waals surface area contributed by atoms with Crippen LogP contribution in [0.1, 0.15) is 55.2 Å². The zero-order valence-electron chi connectivity index (χ0n) is 15.9. The highest BCUT2D eigenvalue weighted by atomic mass is 19.1. The zero-order chi connectivity index (χ0) is 19.3. The standard InChI is InChI=1S/C23H23FN2O2/c1-23(18-8-5-14(13-25)11-19(18)24)27-21-4-2-3-17(22(21)28-23)15-6-7-16-12-20(16)26-10-9-15/h2-5,8,11,15-16,20,26H,6-7,9-10,12H2,1H3. The first-order valence-electron chi connectivity index (χ1n) is 10.0. The van der Waals surface area contributed by atoms with Gasteiger partial charge in [-0.05, 0) is 68.3 Å². The second kappa shape index (κ2) is 6.49. The van der Waals surface area contributed by atoms with E-state index < -0.39 is 11.6 Å². The van der Waals surface area contributed by atoms with E-state index in [0.717, 1.165) is 42.7 Å². The van der Waals surface area contributed by atoms with Gasteiger partial charge in [-0.15, -0.1) is 0 Å². The van der Waals surface area contributed by atoms with Crippen molar-refractivity contribution in [3.8, 4) is 17.6 Å². The molecule has 0 radical (unpaired) electrons. The molecule has 0 spiro atoms. The van der Waals surface area contributed by atoms with Gasteiger partial charge < -0.3 is 14.8 Å². The monoisotopic (exact) mass is 378 g/mol. The van der Waals surface area contributed by atoms with Gasteiger partial charge in [-0.1, -0.05) is 12.1 Å². The van der Waals surface area contributed by atoms with Crippen LogP contribution < -0.4 is 14.8 Å². The van der Waals surface area contributed by atoms with E-state index in [9.17, 15) is 4.39 Å². The molecule has 1 saturated heterocycles. The Hall–Kier alpha value is -2.58. The van der Waals surface area contributed by atoms with E-state index >= 15 is 0 Å². The third-order valence-corrected chi connectivity index (χ3v) is 6.35. The summed E-state index contributed by atoms with van der Waals surface area (Å²) in [6, 6.07) is 13.1. The van der Waals surface area contributed by atoms with Gasteiger partial charge in [0, 0.05) is 18.5 Å². The largest absolute Gasteiger partial charge is 0.444 e. The van der Waals surface area contributed by atoms with Gasteiger partial charge in [-0.3, -0.25) is 0 Å². The van der Waals surface area contributed by atoms with Crippen LogP contribution in [0, 0.1) is 23.1 Å². The summed E-state index contributed by atoms with van der Waals surface area (Å²) < 4.78 is 27.0. The van der Waals surface area contributed by atoms with Crippen LogP contribution in [-0.2, 0) is 5.79 Å². The summed E-state index contributed by atoms with van der Waals surface area (Å²) in [5.74, 6) is 0.869. The summed E-state index contributed by atoms with van der Waals surface area (Å²) in [4.78, 5) is 0. The maximum atomic E-state index is 14.6. The number of rotatable bonds is 2. The van der Waals surface area contributed by atoms with E-state index in [2.05, 4.69) is 11.4 Å². The molecule has 4 unspecified atom stereocenters. The number of nitrogens with zero attached hydrogens (tertiary/aromatic N) is 1. The molecule has 2 aromatic carbocycles. The summed E-state index contributed by atoms with van der Waals surface area (Å²) in [6.07, 6.45) is 4.74. The highest BCUT2D eigenvalue weighted by molar-refractivity contribution is 5.52. The van der Waals surface area contributed by atoms with Crippen LogP contribution in [-0.4, -0.2) is 12.6 Å². The molecule has 5 rings (SSSR count). The van der Waals surface area contributed by atoms with Crippen LogP contribution in [0.25, 0.3) is 0 Å². The topological polar surface area (TPSA) is 54.3 Å². The van der Waals surface area contributed by atoms with Crippen LogP contribution in [0.5, 0.6) is 11.5 Å². The molecule has 2 aromatic rings. The highest BCUT2D eigenvalue weighted by Crippen LogP contribution is 2.50. The van der Waals surface area contributed by atoms with E-state index in [-0.39, 0.29) is 5.56 Å². The first-order chi connectivity index (χ1) is 13.6. The number of ether oxygens (including phenoxy) is 2. The predicted octanol–water partition coefficient (Wildman–Crippen LogP) is 4.59. The lowest BCUT2D eigenvalue weighted by molar-refractivity contribution is -0.0711. The third-order valence-electron chi connectivity index (χ3n) is 6.35. The van der Waals surface area contributed by atoms with Crippen molar-refractivity contribution < 1.29 is 13.9 Å². The van der Waals surface area contributed by atoms with Crippen molar-refractivity contribution in [2.75, 3.05) is 6.54 Å². The van der Waals surface area contributed by atoms with Gasteiger partial charge in [0.2, 0.25) is 0 Å². The molecule has 1 saturated carbocycles. The molecule has 0 amide bonds. The lowest BCUT2D eigenvalue weighted by atomic mass is 9.88. The number of hydrogen-bond acceptors (Lipinski definition) is 4. The Morgan fingerprint density at radius 1 is 1.18 bits per heavy atom. The van der Waals surface area contributed by atoms with E-state index in [1.807, 2.05) is 18.2 Å². The van der Waals surface area contributed by atoms with Gasteiger partial charge in [0.15, 0.2) is 11.5 Å². The molecule has 2 aliphatic heterocycles. The van der Waals surface area contributed by atoms with Crippen molar-refractivity contribution in [1.82, 2.24) is 5.32 Å². The normalized spacial score (nSPS) is 30.7. The maximum absolute atomic E-state index is 14.6. The molecular formula is C23H23FN2O2. The molecule has 4 atom stereocenters. The molecule has 2 heterocycles. The van der Waals surface area contributed by atoms with E-state index in [4.69, 9.17) is 14.7 Å². The van der Waals surface area contributed by atoms with Crippen molar-refractivity contribution in [3.05, 3.63) is 58.9 Å². The number of para-hydroxylation sites is 1. The SMILES string of the molecule is CC1(c2ccc(C#N)cc2F)Oc2cccc(C3CCNC4CC4CC3)c2O1. The minimum atomic E-state index is -1.24. The first-order valence-corrected chi connectivity index (χ1v) is 10.0. The summed E-state index contributed by atoms with van der Waals surface area (Å²) in [7, 11) is 0.